The van der Waals surface area contributed by atoms with E-state index in [1.54, 1.807) is 19.2 Å². The molecule has 26 heavy (non-hydrogen) atoms. The summed E-state index contributed by atoms with van der Waals surface area (Å²) in [5, 5.41) is 8.44. The average Bonchev–Trinajstić information content (AvgIpc) is 3.33. The molecule has 1 aliphatic heterocycles. The van der Waals surface area contributed by atoms with Gasteiger partial charge >= 0.3 is 0 Å². The van der Waals surface area contributed by atoms with Crippen molar-refractivity contribution in [3.05, 3.63) is 64.8 Å². The van der Waals surface area contributed by atoms with Crippen LogP contribution in [0, 0.1) is 5.82 Å². The fourth-order valence-corrected chi connectivity index (χ4v) is 3.12. The van der Waals surface area contributed by atoms with Gasteiger partial charge in [0.25, 0.3) is 0 Å². The summed E-state index contributed by atoms with van der Waals surface area (Å²) in [5.41, 5.74) is 3.40. The summed E-state index contributed by atoms with van der Waals surface area (Å²) in [5.74, 6) is 1.05. The van der Waals surface area contributed by atoms with Crippen LogP contribution in [0.5, 0.6) is 0 Å². The third-order valence-electron chi connectivity index (χ3n) is 4.45. The van der Waals surface area contributed by atoms with Gasteiger partial charge in [-0.05, 0) is 17.7 Å². The molecule has 0 N–H and O–H groups in total. The van der Waals surface area contributed by atoms with Gasteiger partial charge in [-0.2, -0.15) is 10.1 Å². The van der Waals surface area contributed by atoms with E-state index in [0.717, 1.165) is 18.7 Å². The Morgan fingerprint density at radius 1 is 1.19 bits per heavy atom. The fourth-order valence-electron chi connectivity index (χ4n) is 3.12. The first kappa shape index (κ1) is 16.9. The average molecular weight is 357 g/mol. The molecule has 0 aliphatic carbocycles. The quantitative estimate of drug-likeness (QED) is 0.645. The predicted molar refractivity (Wildman–Crippen MR) is 90.6 cm³/mol. The third-order valence-corrected chi connectivity index (χ3v) is 4.45. The van der Waals surface area contributed by atoms with E-state index in [9.17, 15) is 4.39 Å². The van der Waals surface area contributed by atoms with Gasteiger partial charge in [0.2, 0.25) is 5.89 Å². The second-order valence-corrected chi connectivity index (χ2v) is 6.39. The van der Waals surface area contributed by atoms with Gasteiger partial charge in [0.15, 0.2) is 5.82 Å². The highest BCUT2D eigenvalue weighted by molar-refractivity contribution is 5.24. The van der Waals surface area contributed by atoms with E-state index in [-0.39, 0.29) is 5.82 Å². The smallest absolute Gasteiger partial charge is 0.240 e. The largest absolute Gasteiger partial charge is 0.384 e. The first-order valence-corrected chi connectivity index (χ1v) is 8.52. The summed E-state index contributed by atoms with van der Waals surface area (Å²) in [6.45, 7) is 3.38. The number of aromatic nitrogens is 4. The molecule has 0 amide bonds. The minimum Gasteiger partial charge on any atom is -0.384 e. The summed E-state index contributed by atoms with van der Waals surface area (Å²) in [4.78, 5) is 6.64. The lowest BCUT2D eigenvalue weighted by Crippen LogP contribution is -2.18. The van der Waals surface area contributed by atoms with E-state index in [4.69, 9.17) is 9.26 Å². The number of fused-ring (bicyclic) bond motifs is 1. The third kappa shape index (κ3) is 3.66. The van der Waals surface area contributed by atoms with Crippen LogP contribution < -0.4 is 0 Å². The molecular weight excluding hydrogens is 337 g/mol. The molecular formula is C18H20FN5O2. The number of hydrogen-bond acceptors (Lipinski definition) is 6. The number of rotatable bonds is 7. The Kier molecular flexibility index (Phi) is 4.77. The van der Waals surface area contributed by atoms with Crippen LogP contribution in [0.3, 0.4) is 0 Å². The van der Waals surface area contributed by atoms with Gasteiger partial charge < -0.3 is 9.26 Å². The van der Waals surface area contributed by atoms with Gasteiger partial charge in [-0.1, -0.05) is 17.3 Å². The van der Waals surface area contributed by atoms with Crippen LogP contribution in [-0.2, 0) is 37.3 Å². The number of ether oxygens (including phenoxy) is 1. The van der Waals surface area contributed by atoms with Crippen LogP contribution in [0.15, 0.2) is 35.0 Å². The Hall–Kier alpha value is -2.58. The molecule has 1 aliphatic rings. The summed E-state index contributed by atoms with van der Waals surface area (Å²) >= 11 is 0. The maximum Gasteiger partial charge on any atom is 0.240 e. The van der Waals surface area contributed by atoms with Crippen molar-refractivity contribution >= 4 is 0 Å². The molecule has 0 fully saturated rings. The maximum atomic E-state index is 13.1. The fraction of sp³-hybridized carbons (Fsp3) is 0.389. The highest BCUT2D eigenvalue weighted by Crippen LogP contribution is 2.24. The van der Waals surface area contributed by atoms with Gasteiger partial charge in [0, 0.05) is 32.2 Å². The topological polar surface area (TPSA) is 69.2 Å². The second-order valence-electron chi connectivity index (χ2n) is 6.39. The van der Waals surface area contributed by atoms with Crippen molar-refractivity contribution in [2.45, 2.75) is 32.6 Å². The van der Waals surface area contributed by atoms with Crippen molar-refractivity contribution in [1.82, 2.24) is 24.8 Å². The summed E-state index contributed by atoms with van der Waals surface area (Å²) in [6, 6.07) is 6.52. The predicted octanol–water partition coefficient (Wildman–Crippen LogP) is 2.16. The zero-order chi connectivity index (χ0) is 17.9. The van der Waals surface area contributed by atoms with Gasteiger partial charge in [0.05, 0.1) is 31.6 Å². The zero-order valence-electron chi connectivity index (χ0n) is 14.6. The van der Waals surface area contributed by atoms with E-state index in [2.05, 4.69) is 20.1 Å². The number of benzene rings is 1. The van der Waals surface area contributed by atoms with Gasteiger partial charge in [0.1, 0.15) is 5.82 Å². The lowest BCUT2D eigenvalue weighted by Gasteiger charge is -2.13. The minimum atomic E-state index is -0.227. The van der Waals surface area contributed by atoms with Crippen molar-refractivity contribution in [3.63, 3.8) is 0 Å². The van der Waals surface area contributed by atoms with Gasteiger partial charge in [-0.3, -0.25) is 9.58 Å². The molecule has 136 valence electrons. The molecule has 0 bridgehead atoms. The lowest BCUT2D eigenvalue weighted by atomic mass is 10.2. The number of nitrogens with zero attached hydrogens (tertiary/aromatic N) is 5. The molecule has 0 radical (unpaired) electrons. The number of methoxy groups -OCH3 is 1. The van der Waals surface area contributed by atoms with Crippen molar-refractivity contribution in [2.75, 3.05) is 13.7 Å². The minimum absolute atomic E-state index is 0.227. The summed E-state index contributed by atoms with van der Waals surface area (Å²) < 4.78 is 25.4. The molecule has 0 atom stereocenters. The van der Waals surface area contributed by atoms with Crippen molar-refractivity contribution in [3.8, 4) is 0 Å². The maximum absolute atomic E-state index is 13.1. The van der Waals surface area contributed by atoms with Gasteiger partial charge in [-0.25, -0.2) is 4.39 Å². The molecule has 0 saturated heterocycles. The normalized spacial score (nSPS) is 14.1. The SMILES string of the molecule is COCCc1noc(CN2Cc3cnn(Cc4ccc(F)cc4)c3C2)n1. The van der Waals surface area contributed by atoms with E-state index in [0.29, 0.717) is 37.8 Å². The summed E-state index contributed by atoms with van der Waals surface area (Å²) in [6.07, 6.45) is 2.55. The molecule has 0 spiro atoms. The Morgan fingerprint density at radius 3 is 2.85 bits per heavy atom. The van der Waals surface area contributed by atoms with Crippen LogP contribution in [0.25, 0.3) is 0 Å². The Balaban J connectivity index is 1.39. The Labute approximate surface area is 150 Å². The highest BCUT2D eigenvalue weighted by atomic mass is 19.1. The molecule has 3 heterocycles. The molecule has 7 nitrogen and oxygen atoms in total. The standard InChI is InChI=1S/C18H20FN5O2/c1-25-7-6-17-21-18(26-22-17)12-23-10-14-8-20-24(16(14)11-23)9-13-2-4-15(19)5-3-13/h2-5,8H,6-7,9-12H2,1H3. The van der Waals surface area contributed by atoms with E-state index in [1.807, 2.05) is 10.9 Å². The Bertz CT molecular complexity index is 874. The van der Waals surface area contributed by atoms with Gasteiger partial charge in [-0.15, -0.1) is 0 Å². The molecule has 4 rings (SSSR count). The number of halogens is 1. The number of hydrogen-bond donors (Lipinski definition) is 0. The lowest BCUT2D eigenvalue weighted by molar-refractivity contribution is 0.199. The summed E-state index contributed by atoms with van der Waals surface area (Å²) in [7, 11) is 1.65. The highest BCUT2D eigenvalue weighted by Gasteiger charge is 2.25. The van der Waals surface area contributed by atoms with E-state index in [1.165, 1.54) is 23.4 Å². The van der Waals surface area contributed by atoms with Crippen molar-refractivity contribution in [2.24, 2.45) is 0 Å². The van der Waals surface area contributed by atoms with Crippen LogP contribution in [0.2, 0.25) is 0 Å². The van der Waals surface area contributed by atoms with E-state index >= 15 is 0 Å². The van der Waals surface area contributed by atoms with Crippen molar-refractivity contribution in [1.29, 1.82) is 0 Å². The molecule has 2 aromatic heterocycles. The second kappa shape index (κ2) is 7.35. The van der Waals surface area contributed by atoms with Crippen LogP contribution in [-0.4, -0.2) is 38.5 Å². The van der Waals surface area contributed by atoms with Crippen LogP contribution >= 0.6 is 0 Å². The molecule has 1 aromatic carbocycles. The van der Waals surface area contributed by atoms with Crippen molar-refractivity contribution < 1.29 is 13.7 Å². The van der Waals surface area contributed by atoms with Crippen LogP contribution in [0.1, 0.15) is 28.5 Å². The zero-order valence-corrected chi connectivity index (χ0v) is 14.6. The molecule has 0 saturated carbocycles. The molecule has 3 aromatic rings. The molecule has 8 heteroatoms. The molecule has 0 unspecified atom stereocenters. The van der Waals surface area contributed by atoms with E-state index < -0.39 is 0 Å². The first-order chi connectivity index (χ1) is 12.7. The monoisotopic (exact) mass is 357 g/mol. The first-order valence-electron chi connectivity index (χ1n) is 8.52. The Morgan fingerprint density at radius 2 is 2.04 bits per heavy atom. The van der Waals surface area contributed by atoms with Crippen LogP contribution in [0.4, 0.5) is 4.39 Å².